The lowest BCUT2D eigenvalue weighted by atomic mass is 9.95. The van der Waals surface area contributed by atoms with Crippen LogP contribution in [0.2, 0.25) is 0 Å². The summed E-state index contributed by atoms with van der Waals surface area (Å²) in [4.78, 5) is 11.2. The van der Waals surface area contributed by atoms with Gasteiger partial charge in [-0.2, -0.15) is 13.2 Å². The predicted molar refractivity (Wildman–Crippen MR) is 50.5 cm³/mol. The minimum Gasteiger partial charge on any atom is -0.353 e. The molecule has 1 aliphatic carbocycles. The minimum absolute atomic E-state index is 0.224. The molecule has 0 aliphatic heterocycles. The number of alkyl halides is 4. The van der Waals surface area contributed by atoms with Crippen molar-refractivity contribution >= 4 is 5.91 Å². The molecule has 1 aliphatic rings. The van der Waals surface area contributed by atoms with Crippen molar-refractivity contribution in [3.05, 3.63) is 0 Å². The highest BCUT2D eigenvalue weighted by Gasteiger charge is 2.45. The highest BCUT2D eigenvalue weighted by molar-refractivity contribution is 5.79. The van der Waals surface area contributed by atoms with Crippen LogP contribution in [0.1, 0.15) is 32.1 Å². The van der Waals surface area contributed by atoms with E-state index in [1.807, 2.05) is 0 Å². The molecule has 1 saturated carbocycles. The van der Waals surface area contributed by atoms with E-state index in [-0.39, 0.29) is 6.04 Å². The van der Waals surface area contributed by atoms with Crippen molar-refractivity contribution < 1.29 is 22.4 Å². The average molecular weight is 241 g/mol. The smallest absolute Gasteiger partial charge is 0.353 e. The maximum Gasteiger partial charge on any atom is 0.403 e. The summed E-state index contributed by atoms with van der Waals surface area (Å²) < 4.78 is 48.8. The predicted octanol–water partition coefficient (Wildman–Crippen LogP) is 2.58. The van der Waals surface area contributed by atoms with E-state index in [9.17, 15) is 22.4 Å². The van der Waals surface area contributed by atoms with Gasteiger partial charge in [-0.3, -0.25) is 4.79 Å². The second-order valence-electron chi connectivity index (χ2n) is 4.09. The fraction of sp³-hybridized carbons (Fsp3) is 0.900. The molecule has 0 radical (unpaired) electrons. The average Bonchev–Trinajstić information content (AvgIpc) is 2.17. The molecule has 0 bridgehead atoms. The van der Waals surface area contributed by atoms with E-state index in [2.05, 4.69) is 5.32 Å². The van der Waals surface area contributed by atoms with Gasteiger partial charge in [0.15, 0.2) is 5.92 Å². The van der Waals surface area contributed by atoms with E-state index >= 15 is 0 Å². The Balaban J connectivity index is 2.48. The molecule has 0 saturated heterocycles. The van der Waals surface area contributed by atoms with Crippen LogP contribution in [0.5, 0.6) is 0 Å². The Hall–Kier alpha value is -0.810. The number of rotatable bonds is 3. The van der Waals surface area contributed by atoms with Crippen molar-refractivity contribution in [1.29, 1.82) is 0 Å². The van der Waals surface area contributed by atoms with Gasteiger partial charge in [0.2, 0.25) is 5.91 Å². The second kappa shape index (κ2) is 5.50. The monoisotopic (exact) mass is 241 g/mol. The third-order valence-corrected chi connectivity index (χ3v) is 2.82. The Bertz CT molecular complexity index is 235. The van der Waals surface area contributed by atoms with E-state index in [0.29, 0.717) is 12.8 Å². The SMILES string of the molecule is O=C(NC1CCCCC1)C(CF)C(F)(F)F. The van der Waals surface area contributed by atoms with Crippen molar-refractivity contribution in [3.8, 4) is 0 Å². The van der Waals surface area contributed by atoms with Crippen LogP contribution in [0.4, 0.5) is 17.6 Å². The van der Waals surface area contributed by atoms with Crippen LogP contribution in [0.3, 0.4) is 0 Å². The molecule has 0 spiro atoms. The van der Waals surface area contributed by atoms with Crippen LogP contribution >= 0.6 is 0 Å². The van der Waals surface area contributed by atoms with Gasteiger partial charge in [-0.05, 0) is 12.8 Å². The number of nitrogens with one attached hydrogen (secondary N) is 1. The first kappa shape index (κ1) is 13.3. The molecule has 1 atom stereocenters. The summed E-state index contributed by atoms with van der Waals surface area (Å²) in [5.74, 6) is -3.75. The van der Waals surface area contributed by atoms with Crippen LogP contribution in [0, 0.1) is 5.92 Å². The van der Waals surface area contributed by atoms with Gasteiger partial charge in [0, 0.05) is 6.04 Å². The zero-order valence-corrected chi connectivity index (χ0v) is 8.82. The van der Waals surface area contributed by atoms with Gasteiger partial charge in [-0.25, -0.2) is 4.39 Å². The molecule has 1 rings (SSSR count). The summed E-state index contributed by atoms with van der Waals surface area (Å²) in [6.07, 6.45) is -0.592. The number of amides is 1. The topological polar surface area (TPSA) is 29.1 Å². The fourth-order valence-electron chi connectivity index (χ4n) is 1.85. The van der Waals surface area contributed by atoms with Crippen LogP contribution in [-0.4, -0.2) is 24.8 Å². The van der Waals surface area contributed by atoms with Crippen LogP contribution in [0.15, 0.2) is 0 Å². The zero-order valence-electron chi connectivity index (χ0n) is 8.82. The van der Waals surface area contributed by atoms with Crippen LogP contribution in [0.25, 0.3) is 0 Å². The molecule has 0 heterocycles. The minimum atomic E-state index is -4.80. The van der Waals surface area contributed by atoms with E-state index in [0.717, 1.165) is 19.3 Å². The van der Waals surface area contributed by atoms with Crippen molar-refractivity contribution in [2.24, 2.45) is 5.92 Å². The summed E-state index contributed by atoms with van der Waals surface area (Å²) >= 11 is 0. The summed E-state index contributed by atoms with van der Waals surface area (Å²) in [5.41, 5.74) is 0. The molecule has 2 nitrogen and oxygen atoms in total. The van der Waals surface area contributed by atoms with E-state index in [4.69, 9.17) is 0 Å². The lowest BCUT2D eigenvalue weighted by molar-refractivity contribution is -0.185. The lowest BCUT2D eigenvalue weighted by Gasteiger charge is -2.25. The van der Waals surface area contributed by atoms with Gasteiger partial charge in [0.25, 0.3) is 0 Å². The number of carbonyl (C=O) groups is 1. The van der Waals surface area contributed by atoms with Crippen molar-refractivity contribution in [3.63, 3.8) is 0 Å². The molecule has 1 unspecified atom stereocenters. The Morgan fingerprint density at radius 1 is 1.25 bits per heavy atom. The summed E-state index contributed by atoms with van der Waals surface area (Å²) in [6.45, 7) is -1.69. The van der Waals surface area contributed by atoms with Crippen molar-refractivity contribution in [1.82, 2.24) is 5.32 Å². The molecule has 0 aromatic heterocycles. The molecule has 0 aromatic carbocycles. The molecule has 1 amide bonds. The van der Waals surface area contributed by atoms with Gasteiger partial charge < -0.3 is 5.32 Å². The highest BCUT2D eigenvalue weighted by atomic mass is 19.4. The first-order chi connectivity index (χ1) is 7.45. The number of hydrogen-bond acceptors (Lipinski definition) is 1. The molecule has 0 aromatic rings. The zero-order chi connectivity index (χ0) is 12.2. The van der Waals surface area contributed by atoms with Crippen LogP contribution < -0.4 is 5.32 Å². The highest BCUT2D eigenvalue weighted by Crippen LogP contribution is 2.27. The molecule has 6 heteroatoms. The molecular weight excluding hydrogens is 226 g/mol. The van der Waals surface area contributed by atoms with Crippen LogP contribution in [-0.2, 0) is 4.79 Å². The lowest BCUT2D eigenvalue weighted by Crippen LogP contribution is -2.45. The van der Waals surface area contributed by atoms with E-state index < -0.39 is 24.7 Å². The molecule has 16 heavy (non-hydrogen) atoms. The van der Waals surface area contributed by atoms with Crippen molar-refractivity contribution in [2.75, 3.05) is 6.67 Å². The summed E-state index contributed by atoms with van der Waals surface area (Å²) in [5, 5.41) is 2.28. The normalized spacial score (nSPS) is 20.5. The maximum atomic E-state index is 12.2. The third kappa shape index (κ3) is 3.64. The van der Waals surface area contributed by atoms with Crippen molar-refractivity contribution in [2.45, 2.75) is 44.3 Å². The standard InChI is InChI=1S/C10H15F4NO/c11-6-8(10(12,13)14)9(16)15-7-4-2-1-3-5-7/h7-8H,1-6H2,(H,15,16). The number of halogens is 4. The largest absolute Gasteiger partial charge is 0.403 e. The molecule has 1 N–H and O–H groups in total. The third-order valence-electron chi connectivity index (χ3n) is 2.82. The Labute approximate surface area is 91.4 Å². The quantitative estimate of drug-likeness (QED) is 0.756. The summed E-state index contributed by atoms with van der Waals surface area (Å²) in [7, 11) is 0. The maximum absolute atomic E-state index is 12.2. The van der Waals surface area contributed by atoms with E-state index in [1.54, 1.807) is 0 Å². The number of hydrogen-bond donors (Lipinski definition) is 1. The Morgan fingerprint density at radius 2 is 1.81 bits per heavy atom. The van der Waals surface area contributed by atoms with Gasteiger partial charge in [0.05, 0.1) is 0 Å². The van der Waals surface area contributed by atoms with Gasteiger partial charge in [0.1, 0.15) is 6.67 Å². The van der Waals surface area contributed by atoms with E-state index in [1.165, 1.54) is 0 Å². The Kier molecular flexibility index (Phi) is 4.56. The summed E-state index contributed by atoms with van der Waals surface area (Å²) in [6, 6.07) is -0.224. The number of carbonyl (C=O) groups excluding carboxylic acids is 1. The first-order valence-corrected chi connectivity index (χ1v) is 5.38. The van der Waals surface area contributed by atoms with Gasteiger partial charge in [-0.15, -0.1) is 0 Å². The van der Waals surface area contributed by atoms with Gasteiger partial charge >= 0.3 is 6.18 Å². The molecule has 94 valence electrons. The fourth-order valence-corrected chi connectivity index (χ4v) is 1.85. The molecular formula is C10H15F4NO. The Morgan fingerprint density at radius 3 is 2.25 bits per heavy atom. The first-order valence-electron chi connectivity index (χ1n) is 5.38. The molecule has 1 fully saturated rings. The second-order valence-corrected chi connectivity index (χ2v) is 4.09. The van der Waals surface area contributed by atoms with Gasteiger partial charge in [-0.1, -0.05) is 19.3 Å².